The molecule has 6 fully saturated rings. The SMILES string of the molecule is CCN1CC2(COC)C(OC(C)=O)CC(OC)C34C1C(C(OC)C23)C1(O)C(O)C(OC)C2(O)CC4(O)C1C2C(=O)c1ccccc1. The molecule has 46 heavy (non-hydrogen) atoms. The van der Waals surface area contributed by atoms with Crippen molar-refractivity contribution in [1.29, 1.82) is 0 Å². The summed E-state index contributed by atoms with van der Waals surface area (Å²) in [6.45, 7) is 4.36. The van der Waals surface area contributed by atoms with Crippen LogP contribution in [0.15, 0.2) is 30.3 Å². The monoisotopic (exact) mass is 645 g/mol. The standard InChI is InChI=1S/C34H47NO11/c1-7-35-15-30(16-42-3)19(46-17(2)36)13-20(43-4)33-26(30)24(44-5)22(27(33)35)34(41)25-21(23(37)18-11-9-8-10-12-18)31(39,14-32(25,33)40)29(45-6)28(34)38/h8-12,19-22,24-29,38-41H,7,13-16H2,1-6H3. The summed E-state index contributed by atoms with van der Waals surface area (Å²) in [5.41, 5.74) is -8.05. The van der Waals surface area contributed by atoms with Gasteiger partial charge in [-0.3, -0.25) is 14.5 Å². The number of aliphatic hydroxyl groups excluding tert-OH is 1. The number of rotatable bonds is 9. The molecule has 1 saturated heterocycles. The van der Waals surface area contributed by atoms with Crippen LogP contribution in [0.25, 0.3) is 0 Å². The number of nitrogens with zero attached hydrogens (tertiary/aromatic N) is 1. The molecule has 12 heteroatoms. The highest BCUT2D eigenvalue weighted by molar-refractivity contribution is 5.99. The summed E-state index contributed by atoms with van der Waals surface area (Å²) in [4.78, 5) is 29.4. The van der Waals surface area contributed by atoms with E-state index in [1.807, 2.05) is 6.92 Å². The molecule has 15 unspecified atom stereocenters. The van der Waals surface area contributed by atoms with Gasteiger partial charge in [-0.1, -0.05) is 37.3 Å². The Morgan fingerprint density at radius 2 is 1.67 bits per heavy atom. The molecule has 1 heterocycles. The lowest BCUT2D eigenvalue weighted by Crippen LogP contribution is -2.85. The second-order valence-electron chi connectivity index (χ2n) is 14.6. The minimum atomic E-state index is -2.15. The number of carbonyl (C=O) groups excluding carboxylic acids is 2. The lowest BCUT2D eigenvalue weighted by Gasteiger charge is -2.72. The van der Waals surface area contributed by atoms with E-state index >= 15 is 0 Å². The van der Waals surface area contributed by atoms with Crippen molar-refractivity contribution in [2.24, 2.45) is 34.5 Å². The van der Waals surface area contributed by atoms with E-state index in [1.165, 1.54) is 14.0 Å². The molecule has 0 radical (unpaired) electrons. The minimum absolute atomic E-state index is 0.142. The third kappa shape index (κ3) is 3.40. The van der Waals surface area contributed by atoms with Gasteiger partial charge in [0.05, 0.1) is 30.3 Å². The number of ether oxygens (including phenoxy) is 5. The fourth-order valence-corrected chi connectivity index (χ4v) is 12.6. The lowest BCUT2D eigenvalue weighted by molar-refractivity contribution is -0.348. The topological polar surface area (TPSA) is 164 Å². The Labute approximate surface area is 268 Å². The number of methoxy groups -OCH3 is 4. The maximum atomic E-state index is 14.6. The van der Waals surface area contributed by atoms with Crippen LogP contribution in [0.5, 0.6) is 0 Å². The van der Waals surface area contributed by atoms with Crippen LogP contribution in [0.4, 0.5) is 0 Å². The van der Waals surface area contributed by atoms with E-state index in [4.69, 9.17) is 23.7 Å². The first kappa shape index (κ1) is 32.5. The molecule has 5 aliphatic carbocycles. The molecule has 6 aliphatic rings. The van der Waals surface area contributed by atoms with Gasteiger partial charge >= 0.3 is 5.97 Å². The summed E-state index contributed by atoms with van der Waals surface area (Å²) in [5, 5.41) is 52.0. The molecule has 1 spiro atoms. The van der Waals surface area contributed by atoms with E-state index in [-0.39, 0.29) is 19.4 Å². The first-order valence-electron chi connectivity index (χ1n) is 16.3. The van der Waals surface area contributed by atoms with Crippen LogP contribution in [-0.2, 0) is 28.5 Å². The van der Waals surface area contributed by atoms with E-state index in [0.29, 0.717) is 18.7 Å². The van der Waals surface area contributed by atoms with Gasteiger partial charge in [0.15, 0.2) is 5.78 Å². The molecular formula is C34H47NO11. The summed E-state index contributed by atoms with van der Waals surface area (Å²) in [6, 6.07) is 7.91. The quantitative estimate of drug-likeness (QED) is 0.211. The average Bonchev–Trinajstić information content (AvgIpc) is 3.40. The zero-order valence-corrected chi connectivity index (χ0v) is 27.3. The van der Waals surface area contributed by atoms with Crippen LogP contribution in [0, 0.1) is 34.5 Å². The van der Waals surface area contributed by atoms with Crippen molar-refractivity contribution in [3.63, 3.8) is 0 Å². The maximum absolute atomic E-state index is 14.6. The van der Waals surface area contributed by atoms with Crippen molar-refractivity contribution in [3.8, 4) is 0 Å². The number of piperidine rings is 1. The lowest BCUT2D eigenvalue weighted by atomic mass is 9.40. The average molecular weight is 646 g/mol. The second kappa shape index (κ2) is 10.5. The number of carbonyl (C=O) groups is 2. The van der Waals surface area contributed by atoms with E-state index < -0.39 is 99.6 Å². The first-order valence-corrected chi connectivity index (χ1v) is 16.3. The van der Waals surface area contributed by atoms with Gasteiger partial charge in [0.25, 0.3) is 0 Å². The number of benzene rings is 1. The van der Waals surface area contributed by atoms with E-state index in [2.05, 4.69) is 4.90 Å². The zero-order chi connectivity index (χ0) is 33.2. The molecule has 7 bridgehead atoms. The fourth-order valence-electron chi connectivity index (χ4n) is 12.6. The molecule has 1 aliphatic heterocycles. The first-order chi connectivity index (χ1) is 21.8. The Morgan fingerprint density at radius 3 is 2.24 bits per heavy atom. The predicted molar refractivity (Wildman–Crippen MR) is 161 cm³/mol. The Hall–Kier alpha value is -2.00. The summed E-state index contributed by atoms with van der Waals surface area (Å²) in [5.74, 6) is -5.06. The maximum Gasteiger partial charge on any atom is 0.302 e. The molecule has 4 N–H and O–H groups in total. The van der Waals surface area contributed by atoms with Crippen molar-refractivity contribution < 1.29 is 53.7 Å². The van der Waals surface area contributed by atoms with Crippen molar-refractivity contribution >= 4 is 11.8 Å². The van der Waals surface area contributed by atoms with Gasteiger partial charge in [0.2, 0.25) is 0 Å². The fraction of sp³-hybridized carbons (Fsp3) is 0.765. The number of aliphatic hydroxyl groups is 4. The van der Waals surface area contributed by atoms with Crippen LogP contribution in [-0.4, -0.2) is 139 Å². The molecule has 1 aromatic carbocycles. The van der Waals surface area contributed by atoms with E-state index in [0.717, 1.165) is 0 Å². The summed E-state index contributed by atoms with van der Waals surface area (Å²) in [7, 11) is 6.00. The Balaban J connectivity index is 1.57. The van der Waals surface area contributed by atoms with Crippen LogP contribution in [0.1, 0.15) is 37.0 Å². The van der Waals surface area contributed by atoms with Gasteiger partial charge in [0.1, 0.15) is 29.5 Å². The van der Waals surface area contributed by atoms with Crippen molar-refractivity contribution in [2.75, 3.05) is 48.1 Å². The molecule has 12 nitrogen and oxygen atoms in total. The Bertz CT molecular complexity index is 1400. The second-order valence-corrected chi connectivity index (χ2v) is 14.6. The van der Waals surface area contributed by atoms with Crippen LogP contribution >= 0.6 is 0 Å². The minimum Gasteiger partial charge on any atom is -0.462 e. The van der Waals surface area contributed by atoms with Gasteiger partial charge in [0, 0.05) is 94.9 Å². The van der Waals surface area contributed by atoms with Crippen molar-refractivity contribution in [1.82, 2.24) is 4.90 Å². The molecule has 7 rings (SSSR count). The van der Waals surface area contributed by atoms with E-state index in [9.17, 15) is 30.0 Å². The number of fused-ring (bicyclic) bond motifs is 2. The molecule has 5 saturated carbocycles. The third-order valence-electron chi connectivity index (χ3n) is 13.4. The summed E-state index contributed by atoms with van der Waals surface area (Å²) in [6.07, 6.45) is -5.47. The number of hydrogen-bond donors (Lipinski definition) is 4. The van der Waals surface area contributed by atoms with Crippen molar-refractivity contribution in [2.45, 2.75) is 80.1 Å². The van der Waals surface area contributed by atoms with Gasteiger partial charge < -0.3 is 44.1 Å². The largest absolute Gasteiger partial charge is 0.462 e. The van der Waals surface area contributed by atoms with Gasteiger partial charge in [-0.05, 0) is 6.54 Å². The highest BCUT2D eigenvalue weighted by Gasteiger charge is 2.95. The van der Waals surface area contributed by atoms with Crippen molar-refractivity contribution in [3.05, 3.63) is 35.9 Å². The summed E-state index contributed by atoms with van der Waals surface area (Å²) >= 11 is 0. The molecular weight excluding hydrogens is 598 g/mol. The zero-order valence-electron chi connectivity index (χ0n) is 27.3. The highest BCUT2D eigenvalue weighted by atomic mass is 16.6. The predicted octanol–water partition coefficient (Wildman–Crippen LogP) is 0.0365. The smallest absolute Gasteiger partial charge is 0.302 e. The van der Waals surface area contributed by atoms with Gasteiger partial charge in [-0.25, -0.2) is 0 Å². The number of esters is 1. The Kier molecular flexibility index (Phi) is 7.43. The number of Topliss-reactive ketones (excluding diaryl/α,β-unsaturated/α-hetero) is 1. The normalized spacial score (nSPS) is 51.6. The molecule has 15 atom stereocenters. The van der Waals surface area contributed by atoms with Gasteiger partial charge in [-0.2, -0.15) is 0 Å². The highest BCUT2D eigenvalue weighted by Crippen LogP contribution is 2.82. The van der Waals surface area contributed by atoms with Crippen LogP contribution in [0.2, 0.25) is 0 Å². The van der Waals surface area contributed by atoms with Crippen LogP contribution in [0.3, 0.4) is 0 Å². The van der Waals surface area contributed by atoms with E-state index in [1.54, 1.807) is 51.7 Å². The molecule has 0 aromatic heterocycles. The number of hydrogen-bond acceptors (Lipinski definition) is 12. The molecule has 254 valence electrons. The van der Waals surface area contributed by atoms with Gasteiger partial charge in [-0.15, -0.1) is 0 Å². The summed E-state index contributed by atoms with van der Waals surface area (Å²) < 4.78 is 30.5. The Morgan fingerprint density at radius 1 is 0.978 bits per heavy atom. The number of likely N-dealkylation sites (tertiary alicyclic amines) is 1. The third-order valence-corrected chi connectivity index (χ3v) is 13.4. The molecule has 0 amide bonds. The number of ketones is 1. The molecule has 1 aromatic rings. The van der Waals surface area contributed by atoms with Crippen LogP contribution < -0.4 is 0 Å².